The molecule has 0 spiro atoms. The van der Waals surface area contributed by atoms with Crippen LogP contribution in [-0.4, -0.2) is 32.8 Å². The summed E-state index contributed by atoms with van der Waals surface area (Å²) in [6.45, 7) is 3.06. The molecule has 1 amide bonds. The third-order valence-corrected chi connectivity index (χ3v) is 5.58. The van der Waals surface area contributed by atoms with Crippen LogP contribution in [0.25, 0.3) is 16.5 Å². The highest BCUT2D eigenvalue weighted by atomic mass is 16.5. The Morgan fingerprint density at radius 2 is 1.71 bits per heavy atom. The van der Waals surface area contributed by atoms with Gasteiger partial charge in [0.15, 0.2) is 12.3 Å². The van der Waals surface area contributed by atoms with E-state index in [1.807, 2.05) is 37.3 Å². The van der Waals surface area contributed by atoms with Crippen LogP contribution in [0.1, 0.15) is 27.3 Å². The van der Waals surface area contributed by atoms with Crippen LogP contribution in [0.2, 0.25) is 0 Å². The average molecular weight is 455 g/mol. The molecule has 1 N–H and O–H groups in total. The molecule has 0 radical (unpaired) electrons. The minimum Gasteiger partial charge on any atom is -0.451 e. The van der Waals surface area contributed by atoms with Crippen molar-refractivity contribution in [2.75, 3.05) is 11.9 Å². The number of hydrogen-bond donors (Lipinski definition) is 1. The predicted octanol–water partition coefficient (Wildman–Crippen LogP) is 3.01. The molecule has 0 unspecified atom stereocenters. The van der Waals surface area contributed by atoms with E-state index in [-0.39, 0.29) is 11.3 Å². The Morgan fingerprint density at radius 1 is 1.06 bits per heavy atom. The van der Waals surface area contributed by atoms with E-state index >= 15 is 0 Å². The standard InChI is InChI=1S/C25H21N5O4/c1-15-16(2)30(17-9-5-4-6-10-17)23(20(15)13-26)27-21(31)14-34-25(33)22-18-11-7-8-12-19(18)24(32)29(3)28-22/h4-12H,14H2,1-3H3,(H,27,31). The quantitative estimate of drug-likeness (QED) is 0.462. The number of para-hydroxylation sites is 1. The summed E-state index contributed by atoms with van der Waals surface area (Å²) >= 11 is 0. The summed E-state index contributed by atoms with van der Waals surface area (Å²) in [7, 11) is 1.43. The smallest absolute Gasteiger partial charge is 0.359 e. The average Bonchev–Trinajstić information content (AvgIpc) is 3.08. The summed E-state index contributed by atoms with van der Waals surface area (Å²) in [5.41, 5.74) is 2.23. The Kier molecular flexibility index (Phi) is 5.97. The minimum absolute atomic E-state index is 0.0671. The number of aromatic nitrogens is 3. The number of aryl methyl sites for hydroxylation is 1. The van der Waals surface area contributed by atoms with Crippen LogP contribution >= 0.6 is 0 Å². The fraction of sp³-hybridized carbons (Fsp3) is 0.160. The van der Waals surface area contributed by atoms with Crippen LogP contribution in [0.3, 0.4) is 0 Å². The van der Waals surface area contributed by atoms with Gasteiger partial charge in [0.2, 0.25) is 0 Å². The van der Waals surface area contributed by atoms with Crippen molar-refractivity contribution in [2.45, 2.75) is 13.8 Å². The number of carbonyl (C=O) groups excluding carboxylic acids is 2. The van der Waals surface area contributed by atoms with Crippen LogP contribution in [0.4, 0.5) is 5.82 Å². The SMILES string of the molecule is Cc1c(C#N)c(NC(=O)COC(=O)c2nn(C)c(=O)c3ccccc23)n(-c2ccccc2)c1C. The summed E-state index contributed by atoms with van der Waals surface area (Å²) in [5.74, 6) is -1.16. The van der Waals surface area contributed by atoms with Gasteiger partial charge in [-0.1, -0.05) is 36.4 Å². The lowest BCUT2D eigenvalue weighted by Crippen LogP contribution is -2.26. The number of nitrogens with one attached hydrogen (secondary N) is 1. The van der Waals surface area contributed by atoms with Gasteiger partial charge in [-0.05, 0) is 37.6 Å². The molecule has 0 fully saturated rings. The van der Waals surface area contributed by atoms with E-state index in [1.165, 1.54) is 7.05 Å². The third-order valence-electron chi connectivity index (χ3n) is 5.58. The number of hydrogen-bond acceptors (Lipinski definition) is 6. The Balaban J connectivity index is 1.59. The van der Waals surface area contributed by atoms with Crippen molar-refractivity contribution < 1.29 is 14.3 Å². The van der Waals surface area contributed by atoms with Gasteiger partial charge in [0.05, 0.1) is 10.9 Å². The number of carbonyl (C=O) groups is 2. The number of nitriles is 1. The number of esters is 1. The molecule has 4 rings (SSSR count). The predicted molar refractivity (Wildman–Crippen MR) is 126 cm³/mol. The maximum Gasteiger partial charge on any atom is 0.359 e. The molecule has 0 saturated carbocycles. The largest absolute Gasteiger partial charge is 0.451 e. The molecule has 2 heterocycles. The zero-order valence-electron chi connectivity index (χ0n) is 18.8. The van der Waals surface area contributed by atoms with E-state index in [4.69, 9.17) is 4.74 Å². The van der Waals surface area contributed by atoms with E-state index in [0.29, 0.717) is 22.2 Å². The van der Waals surface area contributed by atoms with E-state index < -0.39 is 18.5 Å². The zero-order valence-corrected chi connectivity index (χ0v) is 18.8. The molecule has 34 heavy (non-hydrogen) atoms. The van der Waals surface area contributed by atoms with E-state index in [9.17, 15) is 19.6 Å². The molecule has 0 aliphatic carbocycles. The maximum atomic E-state index is 12.7. The molecule has 0 saturated heterocycles. The molecule has 2 aromatic carbocycles. The fourth-order valence-corrected chi connectivity index (χ4v) is 3.78. The Hall–Kier alpha value is -4.71. The van der Waals surface area contributed by atoms with E-state index in [2.05, 4.69) is 16.5 Å². The third kappa shape index (κ3) is 3.93. The molecular weight excluding hydrogens is 434 g/mol. The Bertz CT molecular complexity index is 1530. The highest BCUT2D eigenvalue weighted by molar-refractivity contribution is 6.03. The number of ether oxygens (including phenoxy) is 1. The van der Waals surface area contributed by atoms with Gasteiger partial charge in [0.25, 0.3) is 11.5 Å². The van der Waals surface area contributed by atoms with Crippen LogP contribution in [0, 0.1) is 25.2 Å². The van der Waals surface area contributed by atoms with Gasteiger partial charge in [-0.3, -0.25) is 14.2 Å². The monoisotopic (exact) mass is 455 g/mol. The summed E-state index contributed by atoms with van der Waals surface area (Å²) in [6.07, 6.45) is 0. The molecule has 9 nitrogen and oxygen atoms in total. The molecule has 0 atom stereocenters. The number of anilines is 1. The van der Waals surface area contributed by atoms with Crippen LogP contribution < -0.4 is 10.9 Å². The second-order valence-corrected chi connectivity index (χ2v) is 7.66. The van der Waals surface area contributed by atoms with Crippen molar-refractivity contribution in [1.82, 2.24) is 14.3 Å². The second-order valence-electron chi connectivity index (χ2n) is 7.66. The van der Waals surface area contributed by atoms with Gasteiger partial charge >= 0.3 is 5.97 Å². The normalized spacial score (nSPS) is 10.6. The zero-order chi connectivity index (χ0) is 24.4. The number of rotatable bonds is 5. The molecule has 2 aromatic heterocycles. The lowest BCUT2D eigenvalue weighted by atomic mass is 10.1. The molecular formula is C25H21N5O4. The topological polar surface area (TPSA) is 119 Å². The van der Waals surface area contributed by atoms with Gasteiger partial charge < -0.3 is 10.1 Å². The first kappa shape index (κ1) is 22.5. The number of amides is 1. The van der Waals surface area contributed by atoms with Crippen molar-refractivity contribution >= 4 is 28.5 Å². The van der Waals surface area contributed by atoms with E-state index in [0.717, 1.165) is 21.6 Å². The van der Waals surface area contributed by atoms with E-state index in [1.54, 1.807) is 35.8 Å². The van der Waals surface area contributed by atoms with Crippen molar-refractivity contribution in [1.29, 1.82) is 5.26 Å². The molecule has 9 heteroatoms. The number of benzene rings is 2. The van der Waals surface area contributed by atoms with Crippen LogP contribution in [-0.2, 0) is 16.6 Å². The molecule has 0 bridgehead atoms. The van der Waals surface area contributed by atoms with Crippen molar-refractivity contribution in [3.05, 3.63) is 87.5 Å². The van der Waals surface area contributed by atoms with Gasteiger partial charge in [0.1, 0.15) is 11.9 Å². The summed E-state index contributed by atoms with van der Waals surface area (Å²) < 4.78 is 8.03. The van der Waals surface area contributed by atoms with Gasteiger partial charge in [-0.15, -0.1) is 0 Å². The Morgan fingerprint density at radius 3 is 2.38 bits per heavy atom. The summed E-state index contributed by atoms with van der Waals surface area (Å²) in [5, 5.41) is 17.1. The highest BCUT2D eigenvalue weighted by Gasteiger charge is 2.22. The number of nitrogens with zero attached hydrogens (tertiary/aromatic N) is 4. The van der Waals surface area contributed by atoms with Crippen LogP contribution in [0.5, 0.6) is 0 Å². The van der Waals surface area contributed by atoms with Crippen molar-refractivity contribution in [2.24, 2.45) is 7.05 Å². The number of fused-ring (bicyclic) bond motifs is 1. The first-order valence-corrected chi connectivity index (χ1v) is 10.4. The fourth-order valence-electron chi connectivity index (χ4n) is 3.78. The molecule has 0 aliphatic heterocycles. The van der Waals surface area contributed by atoms with Crippen molar-refractivity contribution in [3.63, 3.8) is 0 Å². The lowest BCUT2D eigenvalue weighted by Gasteiger charge is -2.13. The van der Waals surface area contributed by atoms with Gasteiger partial charge in [-0.25, -0.2) is 9.48 Å². The first-order valence-electron chi connectivity index (χ1n) is 10.4. The maximum absolute atomic E-state index is 12.7. The molecule has 4 aromatic rings. The molecule has 0 aliphatic rings. The minimum atomic E-state index is -0.840. The van der Waals surface area contributed by atoms with Gasteiger partial charge in [-0.2, -0.15) is 10.4 Å². The van der Waals surface area contributed by atoms with Gasteiger partial charge in [0, 0.05) is 23.8 Å². The van der Waals surface area contributed by atoms with Crippen LogP contribution in [0.15, 0.2) is 59.4 Å². The first-order chi connectivity index (χ1) is 16.3. The Labute approximate surface area is 194 Å². The summed E-state index contributed by atoms with van der Waals surface area (Å²) in [6, 6.07) is 18.0. The van der Waals surface area contributed by atoms with Crippen molar-refractivity contribution in [3.8, 4) is 11.8 Å². The second kappa shape index (κ2) is 9.03. The summed E-state index contributed by atoms with van der Waals surface area (Å²) in [4.78, 5) is 37.7. The molecule has 170 valence electrons. The highest BCUT2D eigenvalue weighted by Crippen LogP contribution is 2.29. The lowest BCUT2D eigenvalue weighted by molar-refractivity contribution is -0.119.